The molecule has 0 unspecified atom stereocenters. The molecule has 542 valence electrons. The van der Waals surface area contributed by atoms with Crippen LogP contribution in [0.1, 0.15) is 46.0 Å². The molecule has 0 aliphatic heterocycles. The monoisotopic (exact) mass is 1510 g/mol. The number of fused-ring (bicyclic) bond motifs is 5. The van der Waals surface area contributed by atoms with Crippen LogP contribution in [0, 0.1) is 6.92 Å². The highest BCUT2D eigenvalue weighted by Gasteiger charge is 2.19. The van der Waals surface area contributed by atoms with Gasteiger partial charge in [-0.25, -0.2) is 44.9 Å². The molecule has 19 rings (SSSR count). The van der Waals surface area contributed by atoms with Gasteiger partial charge in [-0.15, -0.1) is 0 Å². The molecule has 10 N–H and O–H groups in total. The van der Waals surface area contributed by atoms with Crippen molar-refractivity contribution in [2.45, 2.75) is 46.1 Å². The first kappa shape index (κ1) is 70.5. The van der Waals surface area contributed by atoms with Crippen LogP contribution in [0.2, 0.25) is 15.9 Å². The van der Waals surface area contributed by atoms with Crippen molar-refractivity contribution in [2.75, 3.05) is 26.6 Å². The molecule has 31 nitrogen and oxygen atoms in total. The number of aromatic nitrogens is 21. The van der Waals surface area contributed by atoms with Crippen LogP contribution in [0.4, 0.5) is 29.1 Å². The number of nitrogens with zero attached hydrogens (tertiary/aromatic N) is 16. The Hall–Kier alpha value is -14.2. The molecule has 0 saturated heterocycles. The van der Waals surface area contributed by atoms with E-state index in [1.807, 2.05) is 147 Å². The van der Waals surface area contributed by atoms with Gasteiger partial charge in [0.05, 0.1) is 69.4 Å². The van der Waals surface area contributed by atoms with Crippen molar-refractivity contribution in [3.63, 3.8) is 0 Å². The van der Waals surface area contributed by atoms with Gasteiger partial charge in [0.15, 0.2) is 45.9 Å². The Morgan fingerprint density at radius 1 is 0.367 bits per heavy atom. The quantitative estimate of drug-likeness (QED) is 0.0317. The van der Waals surface area contributed by atoms with Gasteiger partial charge >= 0.3 is 0 Å². The predicted molar refractivity (Wildman–Crippen MR) is 412 cm³/mol. The molecule has 17 aromatic heterocycles. The molecule has 0 aliphatic rings. The van der Waals surface area contributed by atoms with Crippen molar-refractivity contribution in [1.82, 2.24) is 105 Å². The Morgan fingerprint density at radius 3 is 1.37 bits per heavy atom. The molecular weight excluding hydrogens is 1450 g/mol. The van der Waals surface area contributed by atoms with E-state index < -0.39 is 0 Å². The molecule has 0 fully saturated rings. The summed E-state index contributed by atoms with van der Waals surface area (Å²) in [6.07, 6.45) is 20.8. The topological polar surface area (TPSA) is 411 Å². The molecule has 0 radical (unpaired) electrons. The maximum Gasteiger partial charge on any atom is 0.226 e. The summed E-state index contributed by atoms with van der Waals surface area (Å²) < 4.78 is 26.5. The van der Waals surface area contributed by atoms with Crippen LogP contribution < -0.4 is 26.6 Å². The van der Waals surface area contributed by atoms with E-state index in [-0.39, 0.29) is 15.9 Å². The van der Waals surface area contributed by atoms with Crippen LogP contribution in [0.25, 0.3) is 89.6 Å². The van der Waals surface area contributed by atoms with E-state index in [9.17, 15) is 0 Å². The van der Waals surface area contributed by atoms with Gasteiger partial charge in [-0.05, 0) is 138 Å². The van der Waals surface area contributed by atoms with Crippen LogP contribution in [0.5, 0.6) is 0 Å². The maximum absolute atomic E-state index is 6.02. The fourth-order valence-electron chi connectivity index (χ4n) is 11.1. The summed E-state index contributed by atoms with van der Waals surface area (Å²) >= 11 is 17.9. The minimum Gasteiger partial charge on any atom is -0.467 e. The number of pyridine rings is 2. The molecule has 109 heavy (non-hydrogen) atoms. The van der Waals surface area contributed by atoms with Gasteiger partial charge in [-0.1, -0.05) is 60.7 Å². The second-order valence-corrected chi connectivity index (χ2v) is 24.5. The molecule has 0 amide bonds. The number of hydrogen-bond donors (Lipinski definition) is 10. The lowest BCUT2D eigenvalue weighted by molar-refractivity contribution is 0.517. The number of furan rings is 5. The third-order valence-corrected chi connectivity index (χ3v) is 16.6. The molecule has 19 aromatic rings. The van der Waals surface area contributed by atoms with Gasteiger partial charge in [0.2, 0.25) is 15.9 Å². The number of rotatable bonds is 20. The van der Waals surface area contributed by atoms with Crippen molar-refractivity contribution >= 4 is 120 Å². The normalized spacial score (nSPS) is 11.0. The smallest absolute Gasteiger partial charge is 0.226 e. The number of nitrogens with one attached hydrogen (secondary N) is 10. The highest BCUT2D eigenvalue weighted by atomic mass is 35.5. The number of aryl methyl sites for hydroxylation is 1. The second kappa shape index (κ2) is 33.7. The van der Waals surface area contributed by atoms with E-state index in [1.165, 1.54) is 18.2 Å². The molecule has 0 atom stereocenters. The molecule has 0 aliphatic carbocycles. The van der Waals surface area contributed by atoms with E-state index >= 15 is 0 Å². The van der Waals surface area contributed by atoms with Crippen molar-refractivity contribution in [3.05, 3.63) is 282 Å². The first-order valence-corrected chi connectivity index (χ1v) is 34.7. The molecule has 0 bridgehead atoms. The Bertz CT molecular complexity index is 6040. The number of H-pyrrole nitrogens is 5. The van der Waals surface area contributed by atoms with Crippen LogP contribution in [-0.4, -0.2) is 105 Å². The summed E-state index contributed by atoms with van der Waals surface area (Å²) in [5.74, 6) is 10.4. The van der Waals surface area contributed by atoms with E-state index in [4.69, 9.17) is 56.9 Å². The molecular formula is C75H61Cl3N26O5. The molecule has 34 heteroatoms. The first-order valence-electron chi connectivity index (χ1n) is 33.6. The third kappa shape index (κ3) is 17.8. The Labute approximate surface area is 631 Å². The van der Waals surface area contributed by atoms with Crippen molar-refractivity contribution in [2.24, 2.45) is 0 Å². The summed E-state index contributed by atoms with van der Waals surface area (Å²) in [5.41, 5.74) is 11.1. The molecule has 2 aromatic carbocycles. The Morgan fingerprint density at radius 2 is 0.826 bits per heavy atom. The summed E-state index contributed by atoms with van der Waals surface area (Å²) in [4.78, 5) is 84.1. The zero-order valence-electron chi connectivity index (χ0n) is 57.4. The van der Waals surface area contributed by atoms with Crippen molar-refractivity contribution < 1.29 is 22.1 Å². The zero-order valence-corrected chi connectivity index (χ0v) is 59.6. The van der Waals surface area contributed by atoms with E-state index in [0.29, 0.717) is 95.6 Å². The van der Waals surface area contributed by atoms with Gasteiger partial charge in [-0.3, -0.25) is 9.97 Å². The highest BCUT2D eigenvalue weighted by molar-refractivity contribution is 6.29. The second-order valence-electron chi connectivity index (χ2n) is 23.5. The highest BCUT2D eigenvalue weighted by Crippen LogP contribution is 2.34. The third-order valence-electron chi connectivity index (χ3n) is 16.1. The fourth-order valence-corrected chi connectivity index (χ4v) is 11.6. The number of benzene rings is 2. The number of imidazole rings is 4. The summed E-state index contributed by atoms with van der Waals surface area (Å²) in [6, 6.07) is 46.5. The van der Waals surface area contributed by atoms with Crippen LogP contribution in [-0.2, 0) is 39.1 Å². The van der Waals surface area contributed by atoms with E-state index in [0.717, 1.165) is 103 Å². The number of aromatic amines is 5. The van der Waals surface area contributed by atoms with Gasteiger partial charge in [-0.2, -0.15) is 24.9 Å². The Balaban J connectivity index is 0.000000109. The van der Waals surface area contributed by atoms with Crippen molar-refractivity contribution in [3.8, 4) is 33.9 Å². The lowest BCUT2D eigenvalue weighted by atomic mass is 10.1. The predicted octanol–water partition coefficient (Wildman–Crippen LogP) is 16.0. The molecule has 0 spiro atoms. The van der Waals surface area contributed by atoms with Gasteiger partial charge < -0.3 is 73.6 Å². The first-order chi connectivity index (χ1) is 53.6. The van der Waals surface area contributed by atoms with E-state index in [1.54, 1.807) is 56.1 Å². The fraction of sp³-hybridized carbons (Fsp3) is 0.0933. The van der Waals surface area contributed by atoms with Gasteiger partial charge in [0, 0.05) is 54.1 Å². The SMILES string of the molecule is Cc1nc2nc(Cl)nc(NCc3ccco3)c2[nH]1.Clc1nc(NCc2ccco2)c2[nH]c(-c3cccnc3)nc2n1.Clc1nc(NCc2ccco2)c2c(-c3ccncc3)c[nH]c2n1.c1ccc(-c2nc3ncnc(NCc4ccco4)c3[nH]2)cc1.c1ccc(Cc2nc3ncnc(NCc4ccco4)c3[nH]2)cc1. The van der Waals surface area contributed by atoms with Gasteiger partial charge in [0.1, 0.15) is 98.3 Å². The molecule has 0 saturated carbocycles. The van der Waals surface area contributed by atoms with Crippen LogP contribution in [0.3, 0.4) is 0 Å². The molecule has 17 heterocycles. The summed E-state index contributed by atoms with van der Waals surface area (Å²) in [5, 5.41) is 17.4. The van der Waals surface area contributed by atoms with E-state index in [2.05, 4.69) is 143 Å². The maximum atomic E-state index is 6.02. The minimum absolute atomic E-state index is 0.128. The van der Waals surface area contributed by atoms with Crippen molar-refractivity contribution in [1.29, 1.82) is 0 Å². The van der Waals surface area contributed by atoms with Crippen LogP contribution in [0.15, 0.2) is 243 Å². The average molecular weight is 1510 g/mol. The number of halogens is 3. The average Bonchev–Trinajstić information content (AvgIpc) is 1.65. The number of anilines is 5. The zero-order chi connectivity index (χ0) is 74.1. The standard InChI is InChI=1S/C17H15N5O.C16H12ClN5O.C16H13N5O.C15H11ClN6O.C11H10ClN5O/c1-2-5-12(6-3-1)9-14-21-15-16(19-11-20-17(15)22-14)18-10-13-7-4-8-23-13;17-16-21-14(19-8-11-2-1-7-23-11)13-12(9-20-15(13)22-16)10-3-5-18-6-4-10;1-2-5-11(6-3-1)14-20-13-15(18-10-19-16(13)21-14)17-9-12-7-4-8-22-12;16-15-21-13(18-8-10-4-2-6-23-10)11-14(22-15)20-12(19-11)9-3-1-5-17-7-9;1-6-14-8-9(13-5-7-3-2-4-18-7)16-11(12)17-10(8)15-6/h1-8,11H,9-10H2,(H2,18,19,20,21,22);1-7,9H,8H2,(H2,19,20,21,22);1-8,10H,9H2,(H2,17,18,19,20,21);1-7H,8H2,(H2,18,19,20,21,22);2-4H,5H2,1H3,(H2,13,14,15,16,17). The lowest BCUT2D eigenvalue weighted by Crippen LogP contribution is -2.02. The summed E-state index contributed by atoms with van der Waals surface area (Å²) in [6.45, 7) is 4.48. The summed E-state index contributed by atoms with van der Waals surface area (Å²) in [7, 11) is 0. The lowest BCUT2D eigenvalue weighted by Gasteiger charge is -2.07. The van der Waals surface area contributed by atoms with Crippen LogP contribution >= 0.6 is 34.8 Å². The van der Waals surface area contributed by atoms with Gasteiger partial charge in [0.25, 0.3) is 0 Å². The minimum atomic E-state index is 0.128. The Kier molecular flexibility index (Phi) is 21.8. The number of hydrogen-bond acceptors (Lipinski definition) is 26. The largest absolute Gasteiger partial charge is 0.467 e.